The van der Waals surface area contributed by atoms with Crippen LogP contribution in [0.4, 0.5) is 0 Å². The van der Waals surface area contributed by atoms with Gasteiger partial charge in [0, 0.05) is 5.41 Å². The van der Waals surface area contributed by atoms with Crippen molar-refractivity contribution in [1.82, 2.24) is 20.6 Å². The molecule has 2 amide bonds. The first kappa shape index (κ1) is 21.4. The molecule has 3 N–H and O–H groups in total. The van der Waals surface area contributed by atoms with Gasteiger partial charge in [-0.1, -0.05) is 42.5 Å². The van der Waals surface area contributed by atoms with Crippen LogP contribution in [0.1, 0.15) is 56.0 Å². The van der Waals surface area contributed by atoms with Gasteiger partial charge in [-0.15, -0.1) is 0 Å². The van der Waals surface area contributed by atoms with Gasteiger partial charge in [0.2, 0.25) is 11.8 Å². The van der Waals surface area contributed by atoms with E-state index in [1.54, 1.807) is 0 Å². The minimum Gasteiger partial charge on any atom is -0.347 e. The van der Waals surface area contributed by atoms with Gasteiger partial charge in [-0.3, -0.25) is 9.59 Å². The average Bonchev–Trinajstić information content (AvgIpc) is 3.26. The maximum absolute atomic E-state index is 13.3. The molecule has 0 spiro atoms. The number of aromatic nitrogens is 2. The largest absolute Gasteiger partial charge is 0.347 e. The predicted octanol–water partition coefficient (Wildman–Crippen LogP) is 4.30. The van der Waals surface area contributed by atoms with Crippen LogP contribution in [0, 0.1) is 23.2 Å². The quantitative estimate of drug-likeness (QED) is 0.496. The third-order valence-corrected chi connectivity index (χ3v) is 8.29. The number of carbonyl (C=O) groups is 2. The smallest absolute Gasteiger partial charge is 0.239 e. The first-order valence-corrected chi connectivity index (χ1v) is 12.6. The third-order valence-electron chi connectivity index (χ3n) is 8.29. The summed E-state index contributed by atoms with van der Waals surface area (Å²) in [6.45, 7) is 0.00605. The molecule has 4 fully saturated rings. The van der Waals surface area contributed by atoms with Crippen LogP contribution in [0.15, 0.2) is 54.6 Å². The van der Waals surface area contributed by atoms with Crippen molar-refractivity contribution in [2.45, 2.75) is 51.0 Å². The molecule has 3 aromatic rings. The molecule has 7 rings (SSSR count). The van der Waals surface area contributed by atoms with E-state index in [1.807, 2.05) is 42.5 Å². The van der Waals surface area contributed by atoms with Gasteiger partial charge in [0.15, 0.2) is 0 Å². The van der Waals surface area contributed by atoms with E-state index in [0.29, 0.717) is 24.2 Å². The monoisotopic (exact) mass is 456 g/mol. The summed E-state index contributed by atoms with van der Waals surface area (Å²) in [5.41, 5.74) is 2.70. The molecule has 1 atom stereocenters. The van der Waals surface area contributed by atoms with E-state index in [-0.39, 0.29) is 29.8 Å². The predicted molar refractivity (Wildman–Crippen MR) is 131 cm³/mol. The third kappa shape index (κ3) is 4.10. The number of fused-ring (bicyclic) bond motifs is 1. The van der Waals surface area contributed by atoms with Gasteiger partial charge < -0.3 is 15.6 Å². The number of amides is 2. The molecule has 0 aliphatic heterocycles. The number of nitrogens with one attached hydrogen (secondary N) is 3. The molecule has 4 bridgehead atoms. The van der Waals surface area contributed by atoms with E-state index < -0.39 is 0 Å². The highest BCUT2D eigenvalue weighted by molar-refractivity contribution is 5.88. The highest BCUT2D eigenvalue weighted by Gasteiger charge is 2.54. The summed E-state index contributed by atoms with van der Waals surface area (Å²) < 4.78 is 0. The summed E-state index contributed by atoms with van der Waals surface area (Å²) in [6, 6.07) is 17.6. The van der Waals surface area contributed by atoms with Crippen molar-refractivity contribution in [1.29, 1.82) is 0 Å². The Balaban J connectivity index is 1.14. The number of carbonyl (C=O) groups excluding carboxylic acids is 2. The molecule has 6 nitrogen and oxygen atoms in total. The van der Waals surface area contributed by atoms with Crippen LogP contribution < -0.4 is 10.6 Å². The molecule has 4 saturated carbocycles. The summed E-state index contributed by atoms with van der Waals surface area (Å²) in [5.74, 6) is 2.74. The topological polar surface area (TPSA) is 86.9 Å². The normalized spacial score (nSPS) is 28.1. The first-order valence-electron chi connectivity index (χ1n) is 12.6. The van der Waals surface area contributed by atoms with E-state index in [4.69, 9.17) is 4.98 Å². The molecular weight excluding hydrogens is 424 g/mol. The fourth-order valence-electron chi connectivity index (χ4n) is 7.19. The summed E-state index contributed by atoms with van der Waals surface area (Å²) in [4.78, 5) is 34.3. The number of nitrogens with zero attached hydrogens (tertiary/aromatic N) is 1. The molecule has 0 saturated heterocycles. The van der Waals surface area contributed by atoms with Crippen molar-refractivity contribution in [3.05, 3.63) is 66.0 Å². The highest BCUT2D eigenvalue weighted by atomic mass is 16.2. The number of hydrogen-bond acceptors (Lipinski definition) is 3. The maximum Gasteiger partial charge on any atom is 0.239 e. The maximum atomic E-state index is 13.3. The van der Waals surface area contributed by atoms with Gasteiger partial charge in [0.05, 0.1) is 23.6 Å². The van der Waals surface area contributed by atoms with Gasteiger partial charge in [-0.25, -0.2) is 4.98 Å². The van der Waals surface area contributed by atoms with Gasteiger partial charge >= 0.3 is 0 Å². The van der Waals surface area contributed by atoms with Crippen LogP contribution in [-0.2, 0) is 16.0 Å². The summed E-state index contributed by atoms with van der Waals surface area (Å²) >= 11 is 0. The van der Waals surface area contributed by atoms with E-state index in [9.17, 15) is 9.59 Å². The number of benzene rings is 2. The zero-order valence-corrected chi connectivity index (χ0v) is 19.4. The molecule has 4 aliphatic rings. The molecule has 6 heteroatoms. The van der Waals surface area contributed by atoms with Gasteiger partial charge in [-0.05, 0) is 80.4 Å². The van der Waals surface area contributed by atoms with E-state index >= 15 is 0 Å². The average molecular weight is 457 g/mol. The first-order chi connectivity index (χ1) is 16.6. The Labute approximate surface area is 199 Å². The second kappa shape index (κ2) is 8.57. The molecule has 1 aromatic heterocycles. The lowest BCUT2D eigenvalue weighted by atomic mass is 9.49. The Morgan fingerprint density at radius 2 is 1.59 bits per heavy atom. The van der Waals surface area contributed by atoms with Crippen molar-refractivity contribution in [2.24, 2.45) is 23.2 Å². The van der Waals surface area contributed by atoms with Crippen molar-refractivity contribution < 1.29 is 9.59 Å². The zero-order valence-electron chi connectivity index (χ0n) is 19.4. The Morgan fingerprint density at radius 1 is 0.941 bits per heavy atom. The van der Waals surface area contributed by atoms with E-state index in [1.165, 1.54) is 19.3 Å². The number of aromatic amines is 1. The SMILES string of the molecule is O=C(CNC(=O)C12CC3CC(CC(C3)C1)C2)N[C@@H](Cc1ccccc1)c1nc2ccccc2[nH]1. The number of imidazole rings is 1. The highest BCUT2D eigenvalue weighted by Crippen LogP contribution is 2.60. The van der Waals surface area contributed by atoms with E-state index in [0.717, 1.165) is 41.7 Å². The number of hydrogen-bond donors (Lipinski definition) is 3. The molecule has 0 radical (unpaired) electrons. The van der Waals surface area contributed by atoms with Gasteiger partial charge in [0.1, 0.15) is 5.82 Å². The Hall–Kier alpha value is -3.15. The number of rotatable bonds is 7. The molecule has 176 valence electrons. The van der Waals surface area contributed by atoms with Crippen molar-refractivity contribution in [3.8, 4) is 0 Å². The summed E-state index contributed by atoms with van der Waals surface area (Å²) in [6.07, 6.45) is 7.52. The number of H-pyrrole nitrogens is 1. The summed E-state index contributed by atoms with van der Waals surface area (Å²) in [7, 11) is 0. The number of para-hydroxylation sites is 2. The van der Waals surface area contributed by atoms with Crippen LogP contribution in [-0.4, -0.2) is 28.3 Å². The fourth-order valence-corrected chi connectivity index (χ4v) is 7.19. The Kier molecular flexibility index (Phi) is 5.39. The molecule has 1 heterocycles. The summed E-state index contributed by atoms with van der Waals surface area (Å²) in [5, 5.41) is 6.13. The second-order valence-corrected chi connectivity index (χ2v) is 10.8. The fraction of sp³-hybridized carbons (Fsp3) is 0.464. The Bertz CT molecular complexity index is 1130. The Morgan fingerprint density at radius 3 is 2.26 bits per heavy atom. The zero-order chi connectivity index (χ0) is 23.1. The van der Waals surface area contributed by atoms with Crippen LogP contribution in [0.3, 0.4) is 0 Å². The minimum absolute atomic E-state index is 0.00605. The molecular formula is C28H32N4O2. The van der Waals surface area contributed by atoms with Crippen molar-refractivity contribution >= 4 is 22.8 Å². The molecule has 0 unspecified atom stereocenters. The van der Waals surface area contributed by atoms with Crippen molar-refractivity contribution in [2.75, 3.05) is 6.54 Å². The minimum atomic E-state index is -0.307. The van der Waals surface area contributed by atoms with Crippen LogP contribution in [0.25, 0.3) is 11.0 Å². The lowest BCUT2D eigenvalue weighted by Crippen LogP contribution is -2.54. The van der Waals surface area contributed by atoms with E-state index in [2.05, 4.69) is 27.8 Å². The van der Waals surface area contributed by atoms with Gasteiger partial charge in [-0.2, -0.15) is 0 Å². The van der Waals surface area contributed by atoms with Crippen LogP contribution in [0.2, 0.25) is 0 Å². The van der Waals surface area contributed by atoms with Gasteiger partial charge in [0.25, 0.3) is 0 Å². The standard InChI is InChI=1S/C28H32N4O2/c33-25(17-29-27(34)28-14-19-10-20(15-28)12-21(11-19)16-28)30-24(13-18-6-2-1-3-7-18)26-31-22-8-4-5-9-23(22)32-26/h1-9,19-21,24H,10-17H2,(H,29,34)(H,30,33)(H,31,32)/t19?,20?,21?,24-,28?/m0/s1. The molecule has 2 aromatic carbocycles. The van der Waals surface area contributed by atoms with Crippen molar-refractivity contribution in [3.63, 3.8) is 0 Å². The van der Waals surface area contributed by atoms with Crippen LogP contribution in [0.5, 0.6) is 0 Å². The molecule has 34 heavy (non-hydrogen) atoms. The molecule has 4 aliphatic carbocycles. The van der Waals surface area contributed by atoms with Crippen LogP contribution >= 0.6 is 0 Å². The lowest BCUT2D eigenvalue weighted by Gasteiger charge is -2.55. The lowest BCUT2D eigenvalue weighted by molar-refractivity contribution is -0.147. The second-order valence-electron chi connectivity index (χ2n) is 10.8.